The number of halogens is 1. The second-order valence-corrected chi connectivity index (χ2v) is 5.91. The van der Waals surface area contributed by atoms with Gasteiger partial charge in [-0.15, -0.1) is 0 Å². The highest BCUT2D eigenvalue weighted by Gasteiger charge is 2.47. The number of nitrogens with two attached hydrogens (primary N) is 1. The molecule has 2 aliphatic rings. The van der Waals surface area contributed by atoms with Crippen LogP contribution in [0.2, 0.25) is 0 Å². The van der Waals surface area contributed by atoms with E-state index in [2.05, 4.69) is 26.2 Å². The van der Waals surface area contributed by atoms with Crippen molar-refractivity contribution >= 4 is 49.5 Å². The smallest absolute Gasteiger partial charge is 0.325 e. The molecule has 0 aromatic carbocycles. The Bertz CT molecular complexity index is 470. The molecule has 0 bridgehead atoms. The molecule has 2 unspecified atom stereocenters. The van der Waals surface area contributed by atoms with Crippen LogP contribution < -0.4 is 11.1 Å². The molecule has 104 valence electrons. The summed E-state index contributed by atoms with van der Waals surface area (Å²) >= 11 is 4.49. The van der Waals surface area contributed by atoms with Crippen LogP contribution in [-0.4, -0.2) is 63.2 Å². The number of thioether (sulfide) groups is 1. The van der Waals surface area contributed by atoms with Crippen LogP contribution in [0.15, 0.2) is 4.99 Å². The maximum absolute atomic E-state index is 11.9. The third-order valence-electron chi connectivity index (χ3n) is 2.90. The number of hydrogen-bond acceptors (Lipinski definition) is 6. The predicted octanol–water partition coefficient (Wildman–Crippen LogP) is -0.444. The number of likely N-dealkylation sites (N-methyl/N-ethyl adjacent to an activating group) is 1. The number of fused-ring (bicyclic) bond motifs is 1. The zero-order valence-corrected chi connectivity index (χ0v) is 12.5. The molecule has 8 nitrogen and oxygen atoms in total. The highest BCUT2D eigenvalue weighted by atomic mass is 79.9. The lowest BCUT2D eigenvalue weighted by molar-refractivity contribution is -0.126. The standard InChI is InChI=1S/C9H13BrN6O2S/c1-15-5-4(6(17)14-9(15)18)16(7(10)13-5)2-3-19-8(11)12/h4-5H,2-3H2,1H3,(H3,11,12)(H,14,17,18). The van der Waals surface area contributed by atoms with Crippen LogP contribution in [0.25, 0.3) is 0 Å². The van der Waals surface area contributed by atoms with Crippen LogP contribution in [-0.2, 0) is 4.79 Å². The van der Waals surface area contributed by atoms with Crippen molar-refractivity contribution in [3.8, 4) is 0 Å². The van der Waals surface area contributed by atoms with Crippen molar-refractivity contribution in [3.05, 3.63) is 0 Å². The van der Waals surface area contributed by atoms with E-state index in [9.17, 15) is 9.59 Å². The monoisotopic (exact) mass is 348 g/mol. The normalized spacial score (nSPS) is 26.1. The molecule has 2 heterocycles. The minimum Gasteiger partial charge on any atom is -0.379 e. The first-order valence-corrected chi connectivity index (χ1v) is 7.24. The number of carbonyl (C=O) groups excluding carboxylic acids is 2. The van der Waals surface area contributed by atoms with Gasteiger partial charge in [0.1, 0.15) is 0 Å². The van der Waals surface area contributed by atoms with E-state index in [0.29, 0.717) is 17.0 Å². The second-order valence-electron chi connectivity index (χ2n) is 4.07. The lowest BCUT2D eigenvalue weighted by Gasteiger charge is -2.35. The summed E-state index contributed by atoms with van der Waals surface area (Å²) in [6.07, 6.45) is -0.516. The van der Waals surface area contributed by atoms with Crippen LogP contribution >= 0.6 is 27.7 Å². The first kappa shape index (κ1) is 14.1. The van der Waals surface area contributed by atoms with E-state index < -0.39 is 18.2 Å². The average molecular weight is 349 g/mol. The molecule has 4 N–H and O–H groups in total. The minimum absolute atomic E-state index is 0.0317. The average Bonchev–Trinajstić information content (AvgIpc) is 2.64. The minimum atomic E-state index is -0.537. The molecule has 2 rings (SSSR count). The van der Waals surface area contributed by atoms with Gasteiger partial charge in [0.2, 0.25) is 0 Å². The summed E-state index contributed by atoms with van der Waals surface area (Å²) in [7, 11) is 1.59. The topological polar surface area (TPSA) is 115 Å². The number of aliphatic imine (C=N–C) groups is 1. The van der Waals surface area contributed by atoms with E-state index in [1.807, 2.05) is 0 Å². The molecule has 1 saturated heterocycles. The molecular weight excluding hydrogens is 336 g/mol. The molecule has 2 atom stereocenters. The van der Waals surface area contributed by atoms with Crippen LogP contribution in [0.3, 0.4) is 0 Å². The van der Waals surface area contributed by atoms with E-state index >= 15 is 0 Å². The predicted molar refractivity (Wildman–Crippen MR) is 76.3 cm³/mol. The van der Waals surface area contributed by atoms with Crippen molar-refractivity contribution in [2.24, 2.45) is 10.7 Å². The summed E-state index contributed by atoms with van der Waals surface area (Å²) in [5, 5.41) is 9.47. The van der Waals surface area contributed by atoms with Crippen LogP contribution in [0, 0.1) is 5.41 Å². The molecule has 2 aliphatic heterocycles. The fraction of sp³-hybridized carbons (Fsp3) is 0.556. The first-order valence-electron chi connectivity index (χ1n) is 5.46. The van der Waals surface area contributed by atoms with Crippen molar-refractivity contribution in [3.63, 3.8) is 0 Å². The fourth-order valence-corrected chi connectivity index (χ4v) is 3.09. The number of amidine groups is 2. The van der Waals surface area contributed by atoms with Gasteiger partial charge in [-0.3, -0.25) is 15.5 Å². The summed E-state index contributed by atoms with van der Waals surface area (Å²) in [4.78, 5) is 30.9. The number of nitrogens with zero attached hydrogens (tertiary/aromatic N) is 3. The summed E-state index contributed by atoms with van der Waals surface area (Å²) in [5.74, 6) is 0.202. The molecule has 0 aromatic rings. The number of imide groups is 1. The summed E-state index contributed by atoms with van der Waals surface area (Å²) < 4.78 is 0.531. The van der Waals surface area contributed by atoms with Crippen molar-refractivity contribution in [1.82, 2.24) is 15.1 Å². The van der Waals surface area contributed by atoms with Crippen LogP contribution in [0.5, 0.6) is 0 Å². The molecule has 3 amide bonds. The third kappa shape index (κ3) is 2.68. The van der Waals surface area contributed by atoms with Gasteiger partial charge in [0.05, 0.1) is 0 Å². The van der Waals surface area contributed by atoms with Gasteiger partial charge in [-0.1, -0.05) is 11.8 Å². The van der Waals surface area contributed by atoms with Gasteiger partial charge >= 0.3 is 6.03 Å². The van der Waals surface area contributed by atoms with E-state index in [1.165, 1.54) is 16.7 Å². The van der Waals surface area contributed by atoms with Gasteiger partial charge < -0.3 is 15.5 Å². The number of amides is 3. The van der Waals surface area contributed by atoms with Gasteiger partial charge in [-0.25, -0.2) is 9.79 Å². The molecule has 0 saturated carbocycles. The molecular formula is C9H13BrN6O2S. The molecule has 0 spiro atoms. The largest absolute Gasteiger partial charge is 0.379 e. The highest BCUT2D eigenvalue weighted by Crippen LogP contribution is 2.26. The maximum Gasteiger partial charge on any atom is 0.325 e. The Labute approximate surface area is 122 Å². The van der Waals surface area contributed by atoms with Crippen LogP contribution in [0.1, 0.15) is 0 Å². The SMILES string of the molecule is CN1C(=O)NC(=O)C2C1N=C(Br)N2CCSC(=N)N. The zero-order valence-electron chi connectivity index (χ0n) is 10.1. The number of urea groups is 1. The zero-order chi connectivity index (χ0) is 14.2. The fourth-order valence-electron chi connectivity index (χ4n) is 1.98. The van der Waals surface area contributed by atoms with Gasteiger partial charge in [0, 0.05) is 19.3 Å². The lowest BCUT2D eigenvalue weighted by atomic mass is 10.1. The molecule has 19 heavy (non-hydrogen) atoms. The Morgan fingerprint density at radius 1 is 1.63 bits per heavy atom. The lowest BCUT2D eigenvalue weighted by Crippen LogP contribution is -2.63. The Balaban J connectivity index is 2.09. The Morgan fingerprint density at radius 2 is 2.32 bits per heavy atom. The Morgan fingerprint density at radius 3 is 2.95 bits per heavy atom. The van der Waals surface area contributed by atoms with Crippen molar-refractivity contribution in [2.75, 3.05) is 19.3 Å². The highest BCUT2D eigenvalue weighted by molar-refractivity contribution is 9.18. The van der Waals surface area contributed by atoms with Crippen molar-refractivity contribution in [2.45, 2.75) is 12.2 Å². The number of hydrogen-bond donors (Lipinski definition) is 3. The number of rotatable bonds is 3. The van der Waals surface area contributed by atoms with Gasteiger partial charge in [0.25, 0.3) is 5.91 Å². The third-order valence-corrected chi connectivity index (χ3v) is 4.26. The van der Waals surface area contributed by atoms with Crippen molar-refractivity contribution in [1.29, 1.82) is 5.41 Å². The summed E-state index contributed by atoms with van der Waals surface area (Å²) in [6.45, 7) is 0.505. The van der Waals surface area contributed by atoms with Crippen molar-refractivity contribution < 1.29 is 9.59 Å². The maximum atomic E-state index is 11.9. The van der Waals surface area contributed by atoms with Crippen LogP contribution in [0.4, 0.5) is 4.79 Å². The second kappa shape index (κ2) is 5.37. The molecule has 1 fully saturated rings. The first-order chi connectivity index (χ1) is 8.91. The Hall–Kier alpha value is -1.29. The van der Waals surface area contributed by atoms with E-state index in [-0.39, 0.29) is 11.1 Å². The van der Waals surface area contributed by atoms with E-state index in [1.54, 1.807) is 11.9 Å². The van der Waals surface area contributed by atoms with E-state index in [0.717, 1.165) is 0 Å². The quantitative estimate of drug-likeness (QED) is 0.363. The number of nitrogens with one attached hydrogen (secondary N) is 2. The van der Waals surface area contributed by atoms with Gasteiger partial charge in [-0.2, -0.15) is 0 Å². The molecule has 0 radical (unpaired) electrons. The molecule has 0 aromatic heterocycles. The van der Waals surface area contributed by atoms with Gasteiger partial charge in [0.15, 0.2) is 22.1 Å². The number of carbonyl (C=O) groups is 2. The van der Waals surface area contributed by atoms with Gasteiger partial charge in [-0.05, 0) is 15.9 Å². The Kier molecular flexibility index (Phi) is 3.99. The molecule has 0 aliphatic carbocycles. The summed E-state index contributed by atoms with van der Waals surface area (Å²) in [6, 6.07) is -0.986. The van der Waals surface area contributed by atoms with E-state index in [4.69, 9.17) is 11.1 Å². The summed E-state index contributed by atoms with van der Waals surface area (Å²) in [5.41, 5.74) is 5.26. The molecule has 10 heteroatoms.